The smallest absolute Gasteiger partial charge is 0.0904 e. The summed E-state index contributed by atoms with van der Waals surface area (Å²) in [6.07, 6.45) is 4.39. The second kappa shape index (κ2) is 3.24. The minimum atomic E-state index is 0.279. The van der Waals surface area contributed by atoms with Crippen molar-refractivity contribution in [2.24, 2.45) is 5.10 Å². The second-order valence-electron chi connectivity index (χ2n) is 4.25. The fourth-order valence-corrected chi connectivity index (χ4v) is 1.65. The van der Waals surface area contributed by atoms with Crippen molar-refractivity contribution in [2.45, 2.75) is 39.8 Å². The number of hydrazone groups is 1. The lowest BCUT2D eigenvalue weighted by Crippen LogP contribution is -2.40. The van der Waals surface area contributed by atoms with Gasteiger partial charge in [-0.05, 0) is 39.3 Å². The molecule has 2 aliphatic rings. The van der Waals surface area contributed by atoms with E-state index in [9.17, 15) is 0 Å². The van der Waals surface area contributed by atoms with Crippen molar-refractivity contribution in [1.29, 1.82) is 0 Å². The highest BCUT2D eigenvalue weighted by Gasteiger charge is 2.26. The highest BCUT2D eigenvalue weighted by Crippen LogP contribution is 2.20. The Kier molecular flexibility index (Phi) is 2.19. The molecule has 1 atom stereocenters. The Morgan fingerprint density at radius 1 is 1.36 bits per heavy atom. The predicted molar refractivity (Wildman–Crippen MR) is 58.8 cm³/mol. The van der Waals surface area contributed by atoms with Crippen LogP contribution in [-0.4, -0.2) is 22.9 Å². The summed E-state index contributed by atoms with van der Waals surface area (Å²) in [7, 11) is 0. The molecule has 3 heteroatoms. The van der Waals surface area contributed by atoms with Gasteiger partial charge in [-0.3, -0.25) is 0 Å². The van der Waals surface area contributed by atoms with Gasteiger partial charge in [0, 0.05) is 0 Å². The lowest BCUT2D eigenvalue weighted by atomic mass is 9.96. The van der Waals surface area contributed by atoms with Crippen LogP contribution in [-0.2, 0) is 0 Å². The van der Waals surface area contributed by atoms with Gasteiger partial charge < -0.3 is 0 Å². The van der Waals surface area contributed by atoms with E-state index in [1.165, 1.54) is 11.1 Å². The van der Waals surface area contributed by atoms with Gasteiger partial charge in [0.25, 0.3) is 0 Å². The maximum atomic E-state index is 4.51. The zero-order valence-corrected chi connectivity index (χ0v) is 9.20. The molecule has 1 unspecified atom stereocenters. The molecule has 1 N–H and O–H groups in total. The molecule has 1 aliphatic heterocycles. The molecule has 2 rings (SSSR count). The van der Waals surface area contributed by atoms with Gasteiger partial charge in [0.2, 0.25) is 0 Å². The summed E-state index contributed by atoms with van der Waals surface area (Å²) in [6.45, 7) is 8.52. The molecule has 14 heavy (non-hydrogen) atoms. The average molecular weight is 191 g/mol. The van der Waals surface area contributed by atoms with Crippen molar-refractivity contribution in [3.63, 3.8) is 0 Å². The lowest BCUT2D eigenvalue weighted by molar-refractivity contribution is 0.170. The normalized spacial score (nSPS) is 25.9. The van der Waals surface area contributed by atoms with E-state index >= 15 is 0 Å². The van der Waals surface area contributed by atoms with E-state index in [0.29, 0.717) is 6.04 Å². The van der Waals surface area contributed by atoms with Crippen molar-refractivity contribution >= 4 is 5.71 Å². The van der Waals surface area contributed by atoms with Crippen LogP contribution in [0.1, 0.15) is 27.7 Å². The Morgan fingerprint density at radius 3 is 2.71 bits per heavy atom. The minimum Gasteiger partial charge on any atom is -0.226 e. The van der Waals surface area contributed by atoms with Gasteiger partial charge in [-0.15, -0.1) is 0 Å². The summed E-state index contributed by atoms with van der Waals surface area (Å²) < 4.78 is 0. The Morgan fingerprint density at radius 2 is 2.07 bits per heavy atom. The number of nitrogens with one attached hydrogen (secondary N) is 1. The number of nitrogens with zero attached hydrogens (tertiary/aromatic N) is 2. The highest BCUT2D eigenvalue weighted by atomic mass is 15.7. The molecule has 0 fully saturated rings. The summed E-state index contributed by atoms with van der Waals surface area (Å²) in [4.78, 5) is 0. The largest absolute Gasteiger partial charge is 0.226 e. The first kappa shape index (κ1) is 9.46. The van der Waals surface area contributed by atoms with Crippen LogP contribution >= 0.6 is 0 Å². The average Bonchev–Trinajstić information content (AvgIpc) is 2.48. The summed E-state index contributed by atoms with van der Waals surface area (Å²) in [5, 5.41) is 6.44. The van der Waals surface area contributed by atoms with Crippen LogP contribution < -0.4 is 5.43 Å². The molecule has 0 bridgehead atoms. The molecule has 76 valence electrons. The first-order valence-electron chi connectivity index (χ1n) is 5.09. The van der Waals surface area contributed by atoms with Crippen LogP contribution in [0.4, 0.5) is 0 Å². The van der Waals surface area contributed by atoms with E-state index in [-0.39, 0.29) is 6.04 Å². The van der Waals surface area contributed by atoms with E-state index < -0.39 is 0 Å². The van der Waals surface area contributed by atoms with E-state index in [1.54, 1.807) is 0 Å². The van der Waals surface area contributed by atoms with Gasteiger partial charge in [-0.1, -0.05) is 11.6 Å². The predicted octanol–water partition coefficient (Wildman–Crippen LogP) is 1.85. The van der Waals surface area contributed by atoms with Gasteiger partial charge in [-0.2, -0.15) is 5.10 Å². The molecule has 0 spiro atoms. The SMILES string of the molecule is CC1=CC2=NN(C(C)C)NC2C=C1C. The topological polar surface area (TPSA) is 27.6 Å². The fraction of sp³-hybridized carbons (Fsp3) is 0.545. The van der Waals surface area contributed by atoms with E-state index in [1.807, 2.05) is 5.12 Å². The molecule has 0 amide bonds. The van der Waals surface area contributed by atoms with E-state index in [4.69, 9.17) is 0 Å². The van der Waals surface area contributed by atoms with Gasteiger partial charge in [0.05, 0.1) is 17.8 Å². The molecule has 1 aliphatic carbocycles. The Hall–Kier alpha value is -1.09. The zero-order chi connectivity index (χ0) is 10.3. The van der Waals surface area contributed by atoms with Crippen LogP contribution in [0.3, 0.4) is 0 Å². The Labute approximate surface area is 85.1 Å². The highest BCUT2D eigenvalue weighted by molar-refractivity contribution is 6.03. The van der Waals surface area contributed by atoms with Gasteiger partial charge >= 0.3 is 0 Å². The molecular formula is C11H17N3. The van der Waals surface area contributed by atoms with Crippen molar-refractivity contribution in [3.8, 4) is 0 Å². The third kappa shape index (κ3) is 1.48. The Bertz CT molecular complexity index is 336. The quantitative estimate of drug-likeness (QED) is 0.685. The van der Waals surface area contributed by atoms with Gasteiger partial charge in [0.1, 0.15) is 0 Å². The van der Waals surface area contributed by atoms with Crippen molar-refractivity contribution in [2.75, 3.05) is 0 Å². The summed E-state index contributed by atoms with van der Waals surface area (Å²) >= 11 is 0. The van der Waals surface area contributed by atoms with Crippen LogP contribution in [0.5, 0.6) is 0 Å². The molecule has 0 saturated heterocycles. The van der Waals surface area contributed by atoms with Gasteiger partial charge in [0.15, 0.2) is 0 Å². The number of hydrogen-bond acceptors (Lipinski definition) is 3. The number of rotatable bonds is 1. The molecule has 1 heterocycles. The zero-order valence-electron chi connectivity index (χ0n) is 9.20. The molecule has 0 saturated carbocycles. The maximum absolute atomic E-state index is 4.51. The summed E-state index contributed by atoms with van der Waals surface area (Å²) in [5.74, 6) is 0. The summed E-state index contributed by atoms with van der Waals surface area (Å²) in [6, 6.07) is 0.677. The Balaban J connectivity index is 2.25. The van der Waals surface area contributed by atoms with Crippen LogP contribution in [0.15, 0.2) is 28.4 Å². The number of hydrazine groups is 1. The molecule has 3 nitrogen and oxygen atoms in total. The van der Waals surface area contributed by atoms with Crippen molar-refractivity contribution in [1.82, 2.24) is 10.5 Å². The van der Waals surface area contributed by atoms with Crippen LogP contribution in [0.2, 0.25) is 0 Å². The van der Waals surface area contributed by atoms with Crippen molar-refractivity contribution < 1.29 is 0 Å². The number of fused-ring (bicyclic) bond motifs is 1. The molecule has 0 radical (unpaired) electrons. The first-order valence-corrected chi connectivity index (χ1v) is 5.09. The van der Waals surface area contributed by atoms with Crippen molar-refractivity contribution in [3.05, 3.63) is 23.3 Å². The maximum Gasteiger partial charge on any atom is 0.0904 e. The van der Waals surface area contributed by atoms with E-state index in [0.717, 1.165) is 5.71 Å². The third-order valence-corrected chi connectivity index (χ3v) is 2.71. The third-order valence-electron chi connectivity index (χ3n) is 2.71. The second-order valence-corrected chi connectivity index (χ2v) is 4.25. The molecule has 0 aromatic heterocycles. The lowest BCUT2D eigenvalue weighted by Gasteiger charge is -2.20. The monoisotopic (exact) mass is 191 g/mol. The summed E-state index contributed by atoms with van der Waals surface area (Å²) in [5.41, 5.74) is 7.13. The van der Waals surface area contributed by atoms with Gasteiger partial charge in [-0.25, -0.2) is 10.5 Å². The molecular weight excluding hydrogens is 174 g/mol. The fourth-order valence-electron chi connectivity index (χ4n) is 1.65. The molecule has 0 aromatic carbocycles. The van der Waals surface area contributed by atoms with Crippen LogP contribution in [0.25, 0.3) is 0 Å². The standard InChI is InChI=1S/C11H17N3/c1-7(2)14-12-10-5-8(3)9(4)6-11(10)13-14/h5-7,10,12H,1-4H3. The molecule has 0 aromatic rings. The minimum absolute atomic E-state index is 0.279. The number of allylic oxidation sites excluding steroid dienone is 2. The number of hydrogen-bond donors (Lipinski definition) is 1. The first-order chi connectivity index (χ1) is 6.58. The van der Waals surface area contributed by atoms with Crippen LogP contribution in [0, 0.1) is 0 Å². The van der Waals surface area contributed by atoms with E-state index in [2.05, 4.69) is 50.4 Å².